The lowest BCUT2D eigenvalue weighted by Gasteiger charge is -2.13. The van der Waals surface area contributed by atoms with Gasteiger partial charge < -0.3 is 4.74 Å². The Labute approximate surface area is 178 Å². The van der Waals surface area contributed by atoms with Gasteiger partial charge in [0.1, 0.15) is 17.3 Å². The summed E-state index contributed by atoms with van der Waals surface area (Å²) in [6.45, 7) is 3.80. The van der Waals surface area contributed by atoms with Crippen LogP contribution in [-0.2, 0) is 0 Å². The predicted octanol–water partition coefficient (Wildman–Crippen LogP) is 6.32. The van der Waals surface area contributed by atoms with Crippen molar-refractivity contribution in [1.29, 1.82) is 0 Å². The van der Waals surface area contributed by atoms with Crippen LogP contribution in [-0.4, -0.2) is 19.9 Å². The van der Waals surface area contributed by atoms with Gasteiger partial charge in [0.2, 0.25) is 0 Å². The third-order valence-electron chi connectivity index (χ3n) is 4.19. The molecule has 0 fully saturated rings. The van der Waals surface area contributed by atoms with Crippen molar-refractivity contribution in [3.05, 3.63) is 82.5 Å². The van der Waals surface area contributed by atoms with Crippen LogP contribution in [0.5, 0.6) is 11.5 Å². The fourth-order valence-corrected chi connectivity index (χ4v) is 3.06. The number of ether oxygens (including phenoxy) is 1. The van der Waals surface area contributed by atoms with Crippen LogP contribution in [0.2, 0.25) is 10.0 Å². The maximum atomic E-state index is 6.12. The first-order valence-corrected chi connectivity index (χ1v) is 9.61. The lowest BCUT2D eigenvalue weighted by molar-refractivity contribution is 0.484. The van der Waals surface area contributed by atoms with Crippen LogP contribution in [0.1, 0.15) is 11.4 Å². The topological polar surface area (TPSA) is 60.8 Å². The zero-order chi connectivity index (χ0) is 20.4. The molecule has 4 aromatic rings. The van der Waals surface area contributed by atoms with Gasteiger partial charge in [-0.2, -0.15) is 0 Å². The lowest BCUT2D eigenvalue weighted by Crippen LogP contribution is -1.96. The highest BCUT2D eigenvalue weighted by molar-refractivity contribution is 6.42. The zero-order valence-corrected chi connectivity index (χ0v) is 17.2. The van der Waals surface area contributed by atoms with Crippen molar-refractivity contribution < 1.29 is 4.74 Å². The van der Waals surface area contributed by atoms with Gasteiger partial charge in [0.05, 0.1) is 21.3 Å². The maximum Gasteiger partial charge on any atom is 0.162 e. The van der Waals surface area contributed by atoms with Crippen LogP contribution in [0.25, 0.3) is 22.6 Å². The Morgan fingerprint density at radius 3 is 2.34 bits per heavy atom. The van der Waals surface area contributed by atoms with E-state index in [0.29, 0.717) is 33.2 Å². The standard InChI is InChI=1S/C22H16Cl2N4O/c1-13-11-26-22(27-12-13)17-9-15(20-7-8-25-14(2)28-20)3-6-21(17)29-16-4-5-18(23)19(24)10-16/h3-12H,1-2H3. The second-order valence-electron chi connectivity index (χ2n) is 6.46. The van der Waals surface area contributed by atoms with E-state index in [1.165, 1.54) is 0 Å². The summed E-state index contributed by atoms with van der Waals surface area (Å²) in [5, 5.41) is 0.890. The molecule has 2 aromatic heterocycles. The quantitative estimate of drug-likeness (QED) is 0.385. The molecule has 2 aromatic carbocycles. The van der Waals surface area contributed by atoms with Gasteiger partial charge in [-0.3, -0.25) is 0 Å². The molecule has 0 saturated heterocycles. The summed E-state index contributed by atoms with van der Waals surface area (Å²) in [5.41, 5.74) is 3.44. The fraction of sp³-hybridized carbons (Fsp3) is 0.0909. The summed E-state index contributed by atoms with van der Waals surface area (Å²) in [7, 11) is 0. The normalized spacial score (nSPS) is 10.8. The van der Waals surface area contributed by atoms with Crippen LogP contribution in [0.3, 0.4) is 0 Å². The Bertz CT molecular complexity index is 1180. The van der Waals surface area contributed by atoms with E-state index in [1.54, 1.807) is 36.8 Å². The van der Waals surface area contributed by atoms with Gasteiger partial charge >= 0.3 is 0 Å². The van der Waals surface area contributed by atoms with E-state index < -0.39 is 0 Å². The summed E-state index contributed by atoms with van der Waals surface area (Å²) in [4.78, 5) is 17.6. The molecule has 29 heavy (non-hydrogen) atoms. The number of benzene rings is 2. The second kappa shape index (κ2) is 8.15. The molecule has 2 heterocycles. The Hall–Kier alpha value is -3.02. The SMILES string of the molecule is Cc1cnc(-c2cc(-c3ccnc(C)n3)ccc2Oc2ccc(Cl)c(Cl)c2)nc1. The Kier molecular flexibility index (Phi) is 5.43. The van der Waals surface area contributed by atoms with Crippen molar-refractivity contribution in [2.24, 2.45) is 0 Å². The second-order valence-corrected chi connectivity index (χ2v) is 7.28. The number of rotatable bonds is 4. The molecule has 0 aliphatic heterocycles. The first-order chi connectivity index (χ1) is 14.0. The van der Waals surface area contributed by atoms with Crippen molar-refractivity contribution in [2.45, 2.75) is 13.8 Å². The van der Waals surface area contributed by atoms with Gasteiger partial charge in [0, 0.05) is 30.2 Å². The number of hydrogen-bond donors (Lipinski definition) is 0. The van der Waals surface area contributed by atoms with E-state index in [-0.39, 0.29) is 0 Å². The van der Waals surface area contributed by atoms with Gasteiger partial charge in [0.15, 0.2) is 5.82 Å². The highest BCUT2D eigenvalue weighted by Crippen LogP contribution is 2.36. The van der Waals surface area contributed by atoms with Crippen molar-refractivity contribution in [2.75, 3.05) is 0 Å². The van der Waals surface area contributed by atoms with Crippen LogP contribution in [0.15, 0.2) is 61.1 Å². The number of nitrogens with zero attached hydrogens (tertiary/aromatic N) is 4. The van der Waals surface area contributed by atoms with Crippen molar-refractivity contribution in [3.8, 4) is 34.1 Å². The molecular weight excluding hydrogens is 407 g/mol. The third kappa shape index (κ3) is 4.36. The van der Waals surface area contributed by atoms with Crippen LogP contribution in [0, 0.1) is 13.8 Å². The van der Waals surface area contributed by atoms with Crippen LogP contribution < -0.4 is 4.74 Å². The van der Waals surface area contributed by atoms with Crippen LogP contribution in [0.4, 0.5) is 0 Å². The number of hydrogen-bond acceptors (Lipinski definition) is 5. The van der Waals surface area contributed by atoms with Gasteiger partial charge in [-0.25, -0.2) is 19.9 Å². The largest absolute Gasteiger partial charge is 0.457 e. The van der Waals surface area contributed by atoms with Gasteiger partial charge in [-0.15, -0.1) is 0 Å². The molecule has 5 nitrogen and oxygen atoms in total. The number of aromatic nitrogens is 4. The molecule has 7 heteroatoms. The summed E-state index contributed by atoms with van der Waals surface area (Å²) < 4.78 is 6.09. The number of halogens is 2. The summed E-state index contributed by atoms with van der Waals surface area (Å²) >= 11 is 12.1. The Morgan fingerprint density at radius 1 is 0.828 bits per heavy atom. The van der Waals surface area contributed by atoms with Crippen molar-refractivity contribution in [1.82, 2.24) is 19.9 Å². The highest BCUT2D eigenvalue weighted by atomic mass is 35.5. The Morgan fingerprint density at radius 2 is 1.62 bits per heavy atom. The van der Waals surface area contributed by atoms with Gasteiger partial charge in [0.25, 0.3) is 0 Å². The smallest absolute Gasteiger partial charge is 0.162 e. The van der Waals surface area contributed by atoms with E-state index in [1.807, 2.05) is 38.1 Å². The molecule has 0 spiro atoms. The predicted molar refractivity (Wildman–Crippen MR) is 115 cm³/mol. The van der Waals surface area contributed by atoms with Crippen LogP contribution >= 0.6 is 23.2 Å². The highest BCUT2D eigenvalue weighted by Gasteiger charge is 2.14. The molecule has 0 atom stereocenters. The van der Waals surface area contributed by atoms with E-state index in [9.17, 15) is 0 Å². The minimum Gasteiger partial charge on any atom is -0.457 e. The van der Waals surface area contributed by atoms with E-state index in [0.717, 1.165) is 22.4 Å². The average Bonchev–Trinajstić information content (AvgIpc) is 2.72. The monoisotopic (exact) mass is 422 g/mol. The molecule has 0 N–H and O–H groups in total. The summed E-state index contributed by atoms with van der Waals surface area (Å²) in [6, 6.07) is 12.8. The maximum absolute atomic E-state index is 6.12. The minimum absolute atomic E-state index is 0.422. The van der Waals surface area contributed by atoms with Crippen molar-refractivity contribution in [3.63, 3.8) is 0 Å². The molecular formula is C22H16Cl2N4O. The zero-order valence-electron chi connectivity index (χ0n) is 15.7. The van der Waals surface area contributed by atoms with E-state index in [2.05, 4.69) is 19.9 Å². The van der Waals surface area contributed by atoms with Gasteiger partial charge in [-0.1, -0.05) is 23.2 Å². The lowest BCUT2D eigenvalue weighted by atomic mass is 10.1. The third-order valence-corrected chi connectivity index (χ3v) is 4.93. The molecule has 4 rings (SSSR count). The van der Waals surface area contributed by atoms with Gasteiger partial charge in [-0.05, 0) is 55.8 Å². The minimum atomic E-state index is 0.422. The Balaban J connectivity index is 1.81. The first kappa shape index (κ1) is 19.3. The van der Waals surface area contributed by atoms with E-state index >= 15 is 0 Å². The molecule has 144 valence electrons. The molecule has 0 unspecified atom stereocenters. The molecule has 0 aliphatic rings. The molecule has 0 amide bonds. The van der Waals surface area contributed by atoms with Crippen molar-refractivity contribution >= 4 is 23.2 Å². The molecule has 0 radical (unpaired) electrons. The van der Waals surface area contributed by atoms with E-state index in [4.69, 9.17) is 27.9 Å². The first-order valence-electron chi connectivity index (χ1n) is 8.85. The number of aryl methyl sites for hydroxylation is 2. The fourth-order valence-electron chi connectivity index (χ4n) is 2.77. The average molecular weight is 423 g/mol. The molecule has 0 saturated carbocycles. The summed E-state index contributed by atoms with van der Waals surface area (Å²) in [5.74, 6) is 2.42. The molecule has 0 aliphatic carbocycles. The summed E-state index contributed by atoms with van der Waals surface area (Å²) in [6.07, 6.45) is 5.28. The molecule has 0 bridgehead atoms.